The lowest BCUT2D eigenvalue weighted by atomic mass is 9.76. The first-order valence-electron chi connectivity index (χ1n) is 11.9. The van der Waals surface area contributed by atoms with E-state index in [1.54, 1.807) is 31.2 Å². The summed E-state index contributed by atoms with van der Waals surface area (Å²) in [5.74, 6) is -2.84. The maximum Gasteiger partial charge on any atom is 0.250 e. The Morgan fingerprint density at radius 3 is 2.51 bits per heavy atom. The molecule has 0 saturated carbocycles. The molecule has 4 atom stereocenters. The Bertz CT molecular complexity index is 1350. The van der Waals surface area contributed by atoms with Crippen LogP contribution in [0.5, 0.6) is 11.5 Å². The van der Waals surface area contributed by atoms with Gasteiger partial charge in [0.05, 0.1) is 31.7 Å². The van der Waals surface area contributed by atoms with Crippen LogP contribution in [0.3, 0.4) is 0 Å². The molecule has 5 rings (SSSR count). The number of benzene rings is 2. The SMILES string of the molecule is COc1ccc(CCN2C(=O)[C@H]3[C@@H](C2=O)[C@@]2(N[C@@H]3CC(N)=O)C(=O)Nc3c2ccc(Cl)c3C)cc1OC. The molecule has 194 valence electrons. The van der Waals surface area contributed by atoms with E-state index in [1.807, 2.05) is 6.07 Å². The number of likely N-dealkylation sites (tertiary alicyclic amines) is 1. The molecule has 10 nitrogen and oxygen atoms in total. The molecule has 1 spiro atoms. The van der Waals surface area contributed by atoms with Gasteiger partial charge in [0.2, 0.25) is 23.6 Å². The molecule has 0 aliphatic carbocycles. The molecule has 11 heteroatoms. The molecule has 4 N–H and O–H groups in total. The summed E-state index contributed by atoms with van der Waals surface area (Å²) in [7, 11) is 3.07. The molecule has 3 heterocycles. The van der Waals surface area contributed by atoms with Gasteiger partial charge in [-0.25, -0.2) is 0 Å². The van der Waals surface area contributed by atoms with E-state index in [0.29, 0.717) is 39.8 Å². The summed E-state index contributed by atoms with van der Waals surface area (Å²) >= 11 is 6.28. The Hall–Kier alpha value is -3.63. The molecule has 3 aliphatic heterocycles. The number of amides is 4. The second-order valence-electron chi connectivity index (χ2n) is 9.55. The highest BCUT2D eigenvalue weighted by molar-refractivity contribution is 6.32. The third-order valence-corrected chi connectivity index (χ3v) is 8.08. The van der Waals surface area contributed by atoms with Gasteiger partial charge in [-0.2, -0.15) is 0 Å². The van der Waals surface area contributed by atoms with Crippen molar-refractivity contribution in [3.63, 3.8) is 0 Å². The maximum atomic E-state index is 13.8. The number of carbonyl (C=O) groups is 4. The van der Waals surface area contributed by atoms with Crippen LogP contribution in [-0.4, -0.2) is 55.3 Å². The summed E-state index contributed by atoms with van der Waals surface area (Å²) in [6.07, 6.45) is 0.177. The Labute approximate surface area is 218 Å². The van der Waals surface area contributed by atoms with Gasteiger partial charge in [-0.05, 0) is 42.7 Å². The summed E-state index contributed by atoms with van der Waals surface area (Å²) in [5, 5.41) is 6.49. The third kappa shape index (κ3) is 3.66. The Kier molecular flexibility index (Phi) is 6.12. The molecular weight excluding hydrogens is 500 g/mol. The normalized spacial score (nSPS) is 25.9. The van der Waals surface area contributed by atoms with Crippen LogP contribution in [0.4, 0.5) is 5.69 Å². The fraction of sp³-hybridized carbons (Fsp3) is 0.385. The molecule has 0 aromatic heterocycles. The highest BCUT2D eigenvalue weighted by atomic mass is 35.5. The van der Waals surface area contributed by atoms with Crippen molar-refractivity contribution in [1.29, 1.82) is 0 Å². The number of imide groups is 1. The van der Waals surface area contributed by atoms with Gasteiger partial charge in [0.15, 0.2) is 11.5 Å². The number of carbonyl (C=O) groups excluding carboxylic acids is 4. The Morgan fingerprint density at radius 2 is 1.84 bits per heavy atom. The molecule has 0 radical (unpaired) electrons. The van der Waals surface area contributed by atoms with Gasteiger partial charge in [0.1, 0.15) is 5.54 Å². The fourth-order valence-corrected chi connectivity index (χ4v) is 6.10. The second-order valence-corrected chi connectivity index (χ2v) is 9.96. The number of hydrogen-bond acceptors (Lipinski definition) is 7. The number of rotatable bonds is 7. The first-order chi connectivity index (χ1) is 17.6. The summed E-state index contributed by atoms with van der Waals surface area (Å²) < 4.78 is 10.6. The van der Waals surface area contributed by atoms with Crippen molar-refractivity contribution in [2.75, 3.05) is 26.1 Å². The van der Waals surface area contributed by atoms with Crippen molar-refractivity contribution in [2.24, 2.45) is 17.6 Å². The topological polar surface area (TPSA) is 140 Å². The number of halogens is 1. The minimum atomic E-state index is -1.51. The summed E-state index contributed by atoms with van der Waals surface area (Å²) in [6, 6.07) is 7.94. The number of methoxy groups -OCH3 is 2. The average molecular weight is 527 g/mol. The highest BCUT2D eigenvalue weighted by Crippen LogP contribution is 2.54. The molecule has 2 saturated heterocycles. The first-order valence-corrected chi connectivity index (χ1v) is 12.2. The molecule has 2 aromatic rings. The van der Waals surface area contributed by atoms with Crippen LogP contribution in [0.15, 0.2) is 30.3 Å². The fourth-order valence-electron chi connectivity index (χ4n) is 5.94. The van der Waals surface area contributed by atoms with Crippen molar-refractivity contribution in [3.8, 4) is 11.5 Å². The van der Waals surface area contributed by atoms with Gasteiger partial charge in [-0.15, -0.1) is 0 Å². The number of nitrogens with zero attached hydrogens (tertiary/aromatic N) is 1. The predicted octanol–water partition coefficient (Wildman–Crippen LogP) is 1.50. The number of fused-ring (bicyclic) bond motifs is 4. The van der Waals surface area contributed by atoms with Crippen molar-refractivity contribution in [3.05, 3.63) is 52.0 Å². The first kappa shape index (κ1) is 25.0. The average Bonchev–Trinajstić information content (AvgIpc) is 3.44. The summed E-state index contributed by atoms with van der Waals surface area (Å²) in [6.45, 7) is 1.87. The number of nitrogens with one attached hydrogen (secondary N) is 2. The van der Waals surface area contributed by atoms with Crippen molar-refractivity contribution < 1.29 is 28.7 Å². The lowest BCUT2D eigenvalue weighted by molar-refractivity contribution is -0.142. The summed E-state index contributed by atoms with van der Waals surface area (Å²) in [4.78, 5) is 54.1. The van der Waals surface area contributed by atoms with E-state index >= 15 is 0 Å². The maximum absolute atomic E-state index is 13.8. The third-order valence-electron chi connectivity index (χ3n) is 7.67. The highest BCUT2D eigenvalue weighted by Gasteiger charge is 2.70. The van der Waals surface area contributed by atoms with Crippen LogP contribution in [0.25, 0.3) is 0 Å². The Morgan fingerprint density at radius 1 is 1.11 bits per heavy atom. The lowest BCUT2D eigenvalue weighted by Gasteiger charge is -2.29. The predicted molar refractivity (Wildman–Crippen MR) is 134 cm³/mol. The van der Waals surface area contributed by atoms with E-state index in [2.05, 4.69) is 10.6 Å². The zero-order valence-corrected chi connectivity index (χ0v) is 21.3. The van der Waals surface area contributed by atoms with Crippen LogP contribution < -0.4 is 25.8 Å². The molecule has 3 aliphatic rings. The molecule has 2 fully saturated rings. The quantitative estimate of drug-likeness (QED) is 0.464. The van der Waals surface area contributed by atoms with Crippen LogP contribution >= 0.6 is 11.6 Å². The van der Waals surface area contributed by atoms with Crippen molar-refractivity contribution >= 4 is 40.9 Å². The van der Waals surface area contributed by atoms with E-state index in [0.717, 1.165) is 5.56 Å². The molecule has 4 amide bonds. The number of anilines is 1. The van der Waals surface area contributed by atoms with E-state index in [1.165, 1.54) is 19.1 Å². The zero-order chi connectivity index (χ0) is 26.6. The van der Waals surface area contributed by atoms with E-state index in [4.69, 9.17) is 26.8 Å². The van der Waals surface area contributed by atoms with Crippen LogP contribution in [0.2, 0.25) is 5.02 Å². The van der Waals surface area contributed by atoms with Crippen LogP contribution in [0.1, 0.15) is 23.1 Å². The van der Waals surface area contributed by atoms with Crippen LogP contribution in [-0.2, 0) is 31.1 Å². The van der Waals surface area contributed by atoms with E-state index in [-0.39, 0.29) is 13.0 Å². The summed E-state index contributed by atoms with van der Waals surface area (Å²) in [5.41, 5.74) is 6.51. The van der Waals surface area contributed by atoms with Crippen molar-refractivity contribution in [1.82, 2.24) is 10.2 Å². The van der Waals surface area contributed by atoms with Gasteiger partial charge in [-0.1, -0.05) is 23.7 Å². The smallest absolute Gasteiger partial charge is 0.250 e. The van der Waals surface area contributed by atoms with Gasteiger partial charge >= 0.3 is 0 Å². The van der Waals surface area contributed by atoms with Gasteiger partial charge in [0.25, 0.3) is 0 Å². The van der Waals surface area contributed by atoms with Gasteiger partial charge < -0.3 is 20.5 Å². The van der Waals surface area contributed by atoms with Crippen molar-refractivity contribution in [2.45, 2.75) is 31.3 Å². The van der Waals surface area contributed by atoms with Crippen LogP contribution in [0, 0.1) is 18.8 Å². The minimum Gasteiger partial charge on any atom is -0.493 e. The molecule has 0 bridgehead atoms. The second kappa shape index (κ2) is 9.04. The monoisotopic (exact) mass is 526 g/mol. The molecule has 37 heavy (non-hydrogen) atoms. The number of ether oxygens (including phenoxy) is 2. The number of nitrogens with two attached hydrogens (primary N) is 1. The van der Waals surface area contributed by atoms with E-state index in [9.17, 15) is 19.2 Å². The van der Waals surface area contributed by atoms with Gasteiger partial charge in [-0.3, -0.25) is 29.4 Å². The molecule has 2 aromatic carbocycles. The lowest BCUT2D eigenvalue weighted by Crippen LogP contribution is -2.53. The number of hydrogen-bond donors (Lipinski definition) is 3. The Balaban J connectivity index is 1.51. The van der Waals surface area contributed by atoms with E-state index < -0.39 is 47.0 Å². The van der Waals surface area contributed by atoms with Gasteiger partial charge in [0, 0.05) is 29.6 Å². The largest absolute Gasteiger partial charge is 0.493 e. The minimum absolute atomic E-state index is 0.105. The standard InChI is InChI=1S/C26H27ClN4O6/c1-12-15(27)6-5-14-22(12)29-25(35)26(14)21-20(16(30-26)11-19(28)32)23(33)31(24(21)34)9-8-13-4-7-17(36-2)18(10-13)37-3/h4-7,10,16,20-21,30H,8-9,11H2,1-3H3,(H2,28,32)(H,29,35)/t16-,20-,21+,26-/m1/s1. The molecular formula is C26H27ClN4O6. The molecule has 0 unspecified atom stereocenters. The zero-order valence-electron chi connectivity index (χ0n) is 20.6. The number of primary amides is 1.